The number of ether oxygens (including phenoxy) is 1. The van der Waals surface area contributed by atoms with Crippen LogP contribution in [0.3, 0.4) is 0 Å². The quantitative estimate of drug-likeness (QED) is 0.269. The molecule has 1 spiro atoms. The summed E-state index contributed by atoms with van der Waals surface area (Å²) in [5.41, 5.74) is 0.370. The highest BCUT2D eigenvalue weighted by atomic mass is 127. The van der Waals surface area contributed by atoms with Gasteiger partial charge in [0.2, 0.25) is 0 Å². The molecule has 2 aliphatic heterocycles. The van der Waals surface area contributed by atoms with Gasteiger partial charge in [0.1, 0.15) is 0 Å². The van der Waals surface area contributed by atoms with Gasteiger partial charge in [0.05, 0.1) is 6.61 Å². The Morgan fingerprint density at radius 3 is 2.80 bits per heavy atom. The number of hydrogen-bond acceptors (Lipinski definition) is 3. The lowest BCUT2D eigenvalue weighted by molar-refractivity contribution is 0.156. The van der Waals surface area contributed by atoms with Crippen LogP contribution in [0, 0.1) is 5.41 Å². The number of likely N-dealkylation sites (tertiary alicyclic amines) is 1. The SMILES string of the molecule is CN=C(NCC(C)Sc1ccc(Br)cc1)N1CCC2(CCOC2)C1.I. The summed E-state index contributed by atoms with van der Waals surface area (Å²) in [4.78, 5) is 8.18. The van der Waals surface area contributed by atoms with E-state index in [2.05, 4.69) is 62.3 Å². The van der Waals surface area contributed by atoms with Crippen LogP contribution in [0.2, 0.25) is 0 Å². The molecule has 0 aromatic heterocycles. The largest absolute Gasteiger partial charge is 0.381 e. The van der Waals surface area contributed by atoms with E-state index in [4.69, 9.17) is 4.74 Å². The molecule has 0 amide bonds. The zero-order valence-electron chi connectivity index (χ0n) is 14.8. The molecule has 3 rings (SSSR count). The number of rotatable bonds is 4. The highest BCUT2D eigenvalue weighted by Crippen LogP contribution is 2.38. The van der Waals surface area contributed by atoms with Crippen molar-refractivity contribution in [2.24, 2.45) is 10.4 Å². The molecule has 2 saturated heterocycles. The number of halogens is 2. The lowest BCUT2D eigenvalue weighted by Crippen LogP contribution is -2.43. The number of nitrogens with zero attached hydrogens (tertiary/aromatic N) is 2. The van der Waals surface area contributed by atoms with Crippen molar-refractivity contribution in [1.82, 2.24) is 10.2 Å². The third-order valence-corrected chi connectivity index (χ3v) is 6.48. The molecule has 7 heteroatoms. The molecule has 2 fully saturated rings. The van der Waals surface area contributed by atoms with Crippen molar-refractivity contribution >= 4 is 57.6 Å². The molecule has 2 heterocycles. The van der Waals surface area contributed by atoms with E-state index in [0.717, 1.165) is 43.3 Å². The number of aliphatic imine (C=N–C) groups is 1. The molecule has 0 saturated carbocycles. The van der Waals surface area contributed by atoms with Crippen molar-refractivity contribution in [2.75, 3.05) is 39.9 Å². The van der Waals surface area contributed by atoms with E-state index < -0.39 is 0 Å². The Hall–Kier alpha value is 0.01000. The summed E-state index contributed by atoms with van der Waals surface area (Å²) < 4.78 is 6.75. The second kappa shape index (κ2) is 9.80. The highest BCUT2D eigenvalue weighted by molar-refractivity contribution is 14.0. The van der Waals surface area contributed by atoms with E-state index in [1.54, 1.807) is 0 Å². The van der Waals surface area contributed by atoms with Crippen LogP contribution in [0.15, 0.2) is 38.6 Å². The zero-order chi connectivity index (χ0) is 17.0. The van der Waals surface area contributed by atoms with Gasteiger partial charge in [-0.15, -0.1) is 35.7 Å². The minimum atomic E-state index is 0. The van der Waals surface area contributed by atoms with E-state index >= 15 is 0 Å². The van der Waals surface area contributed by atoms with Crippen LogP contribution >= 0.6 is 51.7 Å². The van der Waals surface area contributed by atoms with Gasteiger partial charge < -0.3 is 15.0 Å². The maximum Gasteiger partial charge on any atom is 0.193 e. The molecular formula is C18H27BrIN3OS. The number of nitrogens with one attached hydrogen (secondary N) is 1. The van der Waals surface area contributed by atoms with E-state index in [0.29, 0.717) is 10.7 Å². The van der Waals surface area contributed by atoms with Crippen LogP contribution < -0.4 is 5.32 Å². The predicted octanol–water partition coefficient (Wildman–Crippen LogP) is 4.24. The first-order valence-electron chi connectivity index (χ1n) is 8.56. The molecule has 2 atom stereocenters. The smallest absolute Gasteiger partial charge is 0.193 e. The summed E-state index contributed by atoms with van der Waals surface area (Å²) in [5, 5.41) is 4.03. The van der Waals surface area contributed by atoms with Gasteiger partial charge >= 0.3 is 0 Å². The average molecular weight is 540 g/mol. The fourth-order valence-corrected chi connectivity index (χ4v) is 4.63. The van der Waals surface area contributed by atoms with Gasteiger partial charge in [0.25, 0.3) is 0 Å². The Bertz CT molecular complexity index is 578. The van der Waals surface area contributed by atoms with Crippen LogP contribution in [0.5, 0.6) is 0 Å². The van der Waals surface area contributed by atoms with Crippen LogP contribution in [-0.4, -0.2) is 56.0 Å². The maximum absolute atomic E-state index is 5.62. The highest BCUT2D eigenvalue weighted by Gasteiger charge is 2.42. The second-order valence-electron chi connectivity index (χ2n) is 6.78. The minimum Gasteiger partial charge on any atom is -0.381 e. The molecular weight excluding hydrogens is 513 g/mol. The molecule has 1 N–H and O–H groups in total. The van der Waals surface area contributed by atoms with Crippen molar-refractivity contribution in [1.29, 1.82) is 0 Å². The number of hydrogen-bond donors (Lipinski definition) is 1. The van der Waals surface area contributed by atoms with E-state index in [9.17, 15) is 0 Å². The van der Waals surface area contributed by atoms with Gasteiger partial charge in [-0.05, 0) is 37.1 Å². The summed E-state index contributed by atoms with van der Waals surface area (Å²) >= 11 is 5.37. The van der Waals surface area contributed by atoms with Crippen molar-refractivity contribution < 1.29 is 4.74 Å². The van der Waals surface area contributed by atoms with Gasteiger partial charge in [-0.25, -0.2) is 0 Å². The Kier molecular flexibility index (Phi) is 8.36. The van der Waals surface area contributed by atoms with Crippen molar-refractivity contribution in [3.05, 3.63) is 28.7 Å². The van der Waals surface area contributed by atoms with Gasteiger partial charge in [0, 0.05) is 53.3 Å². The Labute approximate surface area is 180 Å². The van der Waals surface area contributed by atoms with Gasteiger partial charge in [-0.3, -0.25) is 4.99 Å². The van der Waals surface area contributed by atoms with Crippen LogP contribution in [0.1, 0.15) is 19.8 Å². The number of benzene rings is 1. The van der Waals surface area contributed by atoms with Gasteiger partial charge in [0.15, 0.2) is 5.96 Å². The third kappa shape index (κ3) is 5.74. The van der Waals surface area contributed by atoms with E-state index in [1.165, 1.54) is 17.7 Å². The second-order valence-corrected chi connectivity index (χ2v) is 9.21. The molecule has 25 heavy (non-hydrogen) atoms. The summed E-state index contributed by atoms with van der Waals surface area (Å²) in [7, 11) is 1.88. The van der Waals surface area contributed by atoms with Crippen LogP contribution in [-0.2, 0) is 4.74 Å². The first kappa shape index (κ1) is 21.3. The molecule has 2 unspecified atom stereocenters. The van der Waals surface area contributed by atoms with Crippen molar-refractivity contribution in [3.63, 3.8) is 0 Å². The van der Waals surface area contributed by atoms with Gasteiger partial charge in [-0.2, -0.15) is 0 Å². The topological polar surface area (TPSA) is 36.9 Å². The van der Waals surface area contributed by atoms with E-state index in [-0.39, 0.29) is 24.0 Å². The van der Waals surface area contributed by atoms with E-state index in [1.807, 2.05) is 18.8 Å². The normalized spacial score (nSPS) is 24.4. The lowest BCUT2D eigenvalue weighted by Gasteiger charge is -2.25. The Balaban J connectivity index is 0.00000225. The molecule has 0 bridgehead atoms. The number of guanidine groups is 1. The van der Waals surface area contributed by atoms with Gasteiger partial charge in [-0.1, -0.05) is 22.9 Å². The molecule has 4 nitrogen and oxygen atoms in total. The lowest BCUT2D eigenvalue weighted by atomic mass is 9.87. The average Bonchev–Trinajstić information content (AvgIpc) is 3.21. The molecule has 0 aliphatic carbocycles. The molecule has 1 aromatic rings. The number of thioether (sulfide) groups is 1. The Morgan fingerprint density at radius 2 is 2.16 bits per heavy atom. The minimum absolute atomic E-state index is 0. The summed E-state index contributed by atoms with van der Waals surface area (Å²) in [6.07, 6.45) is 2.41. The standard InChI is InChI=1S/C18H26BrN3OS.HI/c1-14(24-16-5-3-15(19)4-6-16)11-21-17(20-2)22-9-7-18(12-22)8-10-23-13-18;/h3-6,14H,7-13H2,1-2H3,(H,20,21);1H. The zero-order valence-corrected chi connectivity index (χ0v) is 19.6. The van der Waals surface area contributed by atoms with Crippen molar-refractivity contribution in [3.8, 4) is 0 Å². The maximum atomic E-state index is 5.62. The van der Waals surface area contributed by atoms with Crippen LogP contribution in [0.25, 0.3) is 0 Å². The van der Waals surface area contributed by atoms with Crippen molar-refractivity contribution in [2.45, 2.75) is 29.9 Å². The first-order chi connectivity index (χ1) is 11.6. The van der Waals surface area contributed by atoms with Crippen LogP contribution in [0.4, 0.5) is 0 Å². The molecule has 140 valence electrons. The fraction of sp³-hybridized carbons (Fsp3) is 0.611. The summed E-state index contributed by atoms with van der Waals surface area (Å²) in [5.74, 6) is 1.03. The monoisotopic (exact) mass is 539 g/mol. The predicted molar refractivity (Wildman–Crippen MR) is 120 cm³/mol. The summed E-state index contributed by atoms with van der Waals surface area (Å²) in [6.45, 7) is 7.14. The molecule has 1 aromatic carbocycles. The fourth-order valence-electron chi connectivity index (χ4n) is 3.44. The third-order valence-electron chi connectivity index (χ3n) is 4.83. The molecule has 2 aliphatic rings. The Morgan fingerprint density at radius 1 is 1.40 bits per heavy atom. The molecule has 0 radical (unpaired) electrons. The summed E-state index contributed by atoms with van der Waals surface area (Å²) in [6, 6.07) is 8.50. The first-order valence-corrected chi connectivity index (χ1v) is 10.2.